The number of rotatable bonds is 2. The fourth-order valence-corrected chi connectivity index (χ4v) is 1.90. The first-order chi connectivity index (χ1) is 7.68. The molecule has 0 saturated carbocycles. The van der Waals surface area contributed by atoms with Crippen molar-refractivity contribution >= 4 is 5.78 Å². The van der Waals surface area contributed by atoms with Crippen molar-refractivity contribution < 1.29 is 14.3 Å². The molecule has 0 radical (unpaired) electrons. The van der Waals surface area contributed by atoms with Crippen molar-refractivity contribution in [2.75, 3.05) is 0 Å². The predicted molar refractivity (Wildman–Crippen MR) is 58.3 cm³/mol. The molecule has 0 bridgehead atoms. The second-order valence-electron chi connectivity index (χ2n) is 3.93. The van der Waals surface area contributed by atoms with Crippen LogP contribution in [0.3, 0.4) is 0 Å². The molecule has 0 aliphatic heterocycles. The Morgan fingerprint density at radius 3 is 2.88 bits per heavy atom. The average molecular weight is 220 g/mol. The van der Waals surface area contributed by atoms with E-state index in [0.29, 0.717) is 17.6 Å². The lowest BCUT2D eigenvalue weighted by molar-refractivity contribution is -0.117. The quantitative estimate of drug-likeness (QED) is 0.831. The van der Waals surface area contributed by atoms with Crippen molar-refractivity contribution in [3.8, 4) is 0 Å². The third kappa shape index (κ3) is 2.19. The second-order valence-corrected chi connectivity index (χ2v) is 3.93. The van der Waals surface area contributed by atoms with Gasteiger partial charge in [0.15, 0.2) is 5.78 Å². The van der Waals surface area contributed by atoms with E-state index in [1.807, 2.05) is 0 Å². The second kappa shape index (κ2) is 4.58. The van der Waals surface area contributed by atoms with E-state index in [1.165, 1.54) is 18.2 Å². The number of Topliss-reactive ketones (excluding diaryl/α,β-unsaturated/α-hetero) is 1. The highest BCUT2D eigenvalue weighted by Gasteiger charge is 2.22. The summed E-state index contributed by atoms with van der Waals surface area (Å²) in [4.78, 5) is 11.6. The summed E-state index contributed by atoms with van der Waals surface area (Å²) in [6.07, 6.45) is 2.86. The smallest absolute Gasteiger partial charge is 0.161 e. The molecule has 0 saturated heterocycles. The van der Waals surface area contributed by atoms with Gasteiger partial charge in [0.1, 0.15) is 11.9 Å². The predicted octanol–water partition coefficient (Wildman–Crippen LogP) is 2.54. The maximum atomic E-state index is 13.0. The van der Waals surface area contributed by atoms with Crippen LogP contribution in [0.5, 0.6) is 0 Å². The third-order valence-corrected chi connectivity index (χ3v) is 2.75. The standard InChI is InChI=1S/C13H13FO2/c14-10-5-3-4-9(8-10)13(16)11-6-1-2-7-12(11)15/h3-6,8,13,16H,1-2,7H2/t13-/m0/s1. The lowest BCUT2D eigenvalue weighted by atomic mass is 9.91. The van der Waals surface area contributed by atoms with Crippen molar-refractivity contribution in [2.24, 2.45) is 0 Å². The zero-order valence-electron chi connectivity index (χ0n) is 8.82. The Morgan fingerprint density at radius 1 is 1.38 bits per heavy atom. The van der Waals surface area contributed by atoms with Gasteiger partial charge in [0.05, 0.1) is 0 Å². The Kier molecular flexibility index (Phi) is 3.15. The zero-order chi connectivity index (χ0) is 11.5. The van der Waals surface area contributed by atoms with Crippen LogP contribution in [0, 0.1) is 5.82 Å². The Bertz CT molecular complexity index is 437. The SMILES string of the molecule is O=C1CCCC=C1[C@@H](O)c1cccc(F)c1. The molecule has 16 heavy (non-hydrogen) atoms. The van der Waals surface area contributed by atoms with Gasteiger partial charge in [0, 0.05) is 12.0 Å². The molecule has 0 amide bonds. The van der Waals surface area contributed by atoms with Crippen molar-refractivity contribution in [1.82, 2.24) is 0 Å². The summed E-state index contributed by atoms with van der Waals surface area (Å²) < 4.78 is 13.0. The number of hydrogen-bond acceptors (Lipinski definition) is 2. The van der Waals surface area contributed by atoms with Gasteiger partial charge in [-0.1, -0.05) is 18.2 Å². The van der Waals surface area contributed by atoms with Crippen LogP contribution >= 0.6 is 0 Å². The molecule has 1 aliphatic rings. The Labute approximate surface area is 93.4 Å². The minimum Gasteiger partial charge on any atom is -0.384 e. The van der Waals surface area contributed by atoms with Gasteiger partial charge in [-0.15, -0.1) is 0 Å². The summed E-state index contributed by atoms with van der Waals surface area (Å²) in [5, 5.41) is 9.98. The number of ketones is 1. The van der Waals surface area contributed by atoms with E-state index in [-0.39, 0.29) is 5.78 Å². The van der Waals surface area contributed by atoms with Crippen LogP contribution in [-0.2, 0) is 4.79 Å². The number of hydrogen-bond donors (Lipinski definition) is 1. The number of benzene rings is 1. The highest BCUT2D eigenvalue weighted by atomic mass is 19.1. The monoisotopic (exact) mass is 220 g/mol. The van der Waals surface area contributed by atoms with Crippen molar-refractivity contribution in [3.05, 3.63) is 47.3 Å². The van der Waals surface area contributed by atoms with Crippen molar-refractivity contribution in [3.63, 3.8) is 0 Å². The van der Waals surface area contributed by atoms with E-state index in [4.69, 9.17) is 0 Å². The molecule has 0 aromatic heterocycles. The van der Waals surface area contributed by atoms with Crippen LogP contribution in [0.2, 0.25) is 0 Å². The molecule has 0 fully saturated rings. The Hall–Kier alpha value is -1.48. The Balaban J connectivity index is 2.28. The first kappa shape index (κ1) is 11.0. The average Bonchev–Trinajstić information content (AvgIpc) is 2.29. The molecule has 1 aliphatic carbocycles. The van der Waals surface area contributed by atoms with Crippen LogP contribution in [0.4, 0.5) is 4.39 Å². The molecule has 1 aromatic carbocycles. The molecule has 0 spiro atoms. The molecule has 1 aromatic rings. The minimum atomic E-state index is -0.997. The third-order valence-electron chi connectivity index (χ3n) is 2.75. The maximum Gasteiger partial charge on any atom is 0.161 e. The van der Waals surface area contributed by atoms with Gasteiger partial charge in [-0.3, -0.25) is 4.79 Å². The molecule has 2 rings (SSSR count). The van der Waals surface area contributed by atoms with Gasteiger partial charge in [0.2, 0.25) is 0 Å². The van der Waals surface area contributed by atoms with E-state index >= 15 is 0 Å². The summed E-state index contributed by atoms with van der Waals surface area (Å²) in [6.45, 7) is 0. The van der Waals surface area contributed by atoms with Gasteiger partial charge in [-0.05, 0) is 30.5 Å². The fraction of sp³-hybridized carbons (Fsp3) is 0.308. The summed E-state index contributed by atoms with van der Waals surface area (Å²) >= 11 is 0. The summed E-state index contributed by atoms with van der Waals surface area (Å²) in [6, 6.07) is 5.72. The van der Waals surface area contributed by atoms with E-state index in [1.54, 1.807) is 12.1 Å². The van der Waals surface area contributed by atoms with Crippen LogP contribution in [-0.4, -0.2) is 10.9 Å². The fourth-order valence-electron chi connectivity index (χ4n) is 1.90. The maximum absolute atomic E-state index is 13.0. The van der Waals surface area contributed by atoms with E-state index < -0.39 is 11.9 Å². The molecular formula is C13H13FO2. The first-order valence-electron chi connectivity index (χ1n) is 5.35. The number of carbonyl (C=O) groups excluding carboxylic acids is 1. The van der Waals surface area contributed by atoms with Crippen molar-refractivity contribution in [2.45, 2.75) is 25.4 Å². The minimum absolute atomic E-state index is 0.0389. The molecule has 3 heteroatoms. The Morgan fingerprint density at radius 2 is 2.19 bits per heavy atom. The van der Waals surface area contributed by atoms with Crippen LogP contribution < -0.4 is 0 Å². The van der Waals surface area contributed by atoms with E-state index in [2.05, 4.69) is 0 Å². The van der Waals surface area contributed by atoms with Crippen LogP contribution in [0.25, 0.3) is 0 Å². The number of allylic oxidation sites excluding steroid dienone is 1. The number of carbonyl (C=O) groups is 1. The highest BCUT2D eigenvalue weighted by molar-refractivity contribution is 5.97. The summed E-state index contributed by atoms with van der Waals surface area (Å²) in [7, 11) is 0. The normalized spacial score (nSPS) is 18.1. The van der Waals surface area contributed by atoms with Crippen LogP contribution in [0.15, 0.2) is 35.9 Å². The van der Waals surface area contributed by atoms with Gasteiger partial charge in [0.25, 0.3) is 0 Å². The molecule has 1 atom stereocenters. The molecule has 1 N–H and O–H groups in total. The highest BCUT2D eigenvalue weighted by Crippen LogP contribution is 2.27. The van der Waals surface area contributed by atoms with Gasteiger partial charge < -0.3 is 5.11 Å². The van der Waals surface area contributed by atoms with E-state index in [9.17, 15) is 14.3 Å². The zero-order valence-corrected chi connectivity index (χ0v) is 8.82. The van der Waals surface area contributed by atoms with E-state index in [0.717, 1.165) is 12.8 Å². The van der Waals surface area contributed by atoms with Crippen LogP contribution in [0.1, 0.15) is 30.9 Å². The summed E-state index contributed by atoms with van der Waals surface area (Å²) in [5.41, 5.74) is 0.832. The molecule has 0 unspecified atom stereocenters. The summed E-state index contributed by atoms with van der Waals surface area (Å²) in [5.74, 6) is -0.441. The van der Waals surface area contributed by atoms with Gasteiger partial charge in [-0.2, -0.15) is 0 Å². The van der Waals surface area contributed by atoms with Gasteiger partial charge in [-0.25, -0.2) is 4.39 Å². The molecule has 0 heterocycles. The largest absolute Gasteiger partial charge is 0.384 e. The lowest BCUT2D eigenvalue weighted by Crippen LogP contribution is -2.14. The molecule has 2 nitrogen and oxygen atoms in total. The van der Waals surface area contributed by atoms with Gasteiger partial charge >= 0.3 is 0 Å². The molecule has 84 valence electrons. The number of aliphatic hydroxyl groups is 1. The first-order valence-corrected chi connectivity index (χ1v) is 5.35. The number of halogens is 1. The molecular weight excluding hydrogens is 207 g/mol. The number of aliphatic hydroxyl groups excluding tert-OH is 1. The van der Waals surface area contributed by atoms with Crippen molar-refractivity contribution in [1.29, 1.82) is 0 Å². The topological polar surface area (TPSA) is 37.3 Å². The lowest BCUT2D eigenvalue weighted by Gasteiger charge is -2.17.